The minimum Gasteiger partial charge on any atom is -0.455 e. The van der Waals surface area contributed by atoms with Crippen molar-refractivity contribution in [2.45, 2.75) is 19.3 Å². The molecule has 1 N–H and O–H groups in total. The minimum absolute atomic E-state index is 0.0889. The number of amides is 2. The lowest BCUT2D eigenvalue weighted by molar-refractivity contribution is -0.146. The van der Waals surface area contributed by atoms with Gasteiger partial charge in [0.1, 0.15) is 0 Å². The smallest absolute Gasteiger partial charge is 0.311 e. The molecule has 0 bridgehead atoms. The zero-order chi connectivity index (χ0) is 17.6. The van der Waals surface area contributed by atoms with Crippen molar-refractivity contribution in [1.82, 2.24) is 0 Å². The number of nitrogens with zero attached hydrogens (tertiary/aromatic N) is 1. The highest BCUT2D eigenvalue weighted by Crippen LogP contribution is 2.24. The molecule has 2 heterocycles. The fraction of sp³-hybridized carbons (Fsp3) is 0.278. The molecule has 0 unspecified atom stereocenters. The summed E-state index contributed by atoms with van der Waals surface area (Å²) in [5, 5.41) is 4.57. The van der Waals surface area contributed by atoms with E-state index in [2.05, 4.69) is 5.32 Å². The van der Waals surface area contributed by atoms with Crippen LogP contribution in [0.15, 0.2) is 41.8 Å². The van der Waals surface area contributed by atoms with E-state index in [1.54, 1.807) is 23.1 Å². The van der Waals surface area contributed by atoms with Gasteiger partial charge in [-0.3, -0.25) is 14.4 Å². The van der Waals surface area contributed by atoms with E-state index >= 15 is 0 Å². The number of thiophene rings is 1. The van der Waals surface area contributed by atoms with Crippen molar-refractivity contribution in [3.8, 4) is 0 Å². The number of carbonyl (C=O) groups excluding carboxylic acids is 3. The van der Waals surface area contributed by atoms with Gasteiger partial charge in [0.2, 0.25) is 5.91 Å². The van der Waals surface area contributed by atoms with Gasteiger partial charge in [-0.2, -0.15) is 0 Å². The van der Waals surface area contributed by atoms with Gasteiger partial charge in [-0.15, -0.1) is 11.3 Å². The van der Waals surface area contributed by atoms with Crippen LogP contribution in [-0.2, 0) is 25.5 Å². The van der Waals surface area contributed by atoms with Gasteiger partial charge in [0.15, 0.2) is 6.61 Å². The second-order valence-corrected chi connectivity index (χ2v) is 6.70. The van der Waals surface area contributed by atoms with Gasteiger partial charge in [0, 0.05) is 29.2 Å². The molecule has 1 saturated heterocycles. The van der Waals surface area contributed by atoms with Gasteiger partial charge in [-0.25, -0.2) is 0 Å². The van der Waals surface area contributed by atoms with Crippen molar-refractivity contribution in [1.29, 1.82) is 0 Å². The van der Waals surface area contributed by atoms with E-state index in [4.69, 9.17) is 4.74 Å². The summed E-state index contributed by atoms with van der Waals surface area (Å²) >= 11 is 1.47. The number of esters is 1. The number of hydrogen-bond donors (Lipinski definition) is 1. The molecule has 6 nitrogen and oxygen atoms in total. The molecule has 1 aromatic heterocycles. The summed E-state index contributed by atoms with van der Waals surface area (Å²) in [5.74, 6) is -0.760. The maximum atomic E-state index is 11.9. The fourth-order valence-electron chi connectivity index (χ4n) is 2.62. The largest absolute Gasteiger partial charge is 0.455 e. The highest BCUT2D eigenvalue weighted by molar-refractivity contribution is 7.10. The van der Waals surface area contributed by atoms with Crippen LogP contribution in [0.4, 0.5) is 11.4 Å². The molecule has 3 rings (SSSR count). The van der Waals surface area contributed by atoms with Crippen molar-refractivity contribution in [2.75, 3.05) is 23.4 Å². The molecule has 1 fully saturated rings. The first kappa shape index (κ1) is 17.2. The SMILES string of the molecule is O=C(COC(=O)Cc1cccs1)Nc1cccc(N2CCCC2=O)c1. The Balaban J connectivity index is 1.51. The number of anilines is 2. The van der Waals surface area contributed by atoms with Gasteiger partial charge in [0.25, 0.3) is 5.91 Å². The Hall–Kier alpha value is -2.67. The highest BCUT2D eigenvalue weighted by atomic mass is 32.1. The molecular weight excluding hydrogens is 340 g/mol. The summed E-state index contributed by atoms with van der Waals surface area (Å²) in [6.07, 6.45) is 1.56. The molecule has 0 saturated carbocycles. The molecule has 1 aliphatic heterocycles. The third-order valence-corrected chi connectivity index (χ3v) is 4.65. The fourth-order valence-corrected chi connectivity index (χ4v) is 3.31. The predicted octanol–water partition coefficient (Wildman–Crippen LogP) is 2.60. The first-order valence-corrected chi connectivity index (χ1v) is 8.88. The van der Waals surface area contributed by atoms with Crippen LogP contribution in [-0.4, -0.2) is 30.9 Å². The molecule has 1 aromatic carbocycles. The van der Waals surface area contributed by atoms with Gasteiger partial charge < -0.3 is 15.0 Å². The Labute approximate surface area is 149 Å². The summed E-state index contributed by atoms with van der Waals surface area (Å²) in [4.78, 5) is 38.0. The van der Waals surface area contributed by atoms with Crippen LogP contribution in [0.5, 0.6) is 0 Å². The zero-order valence-electron chi connectivity index (χ0n) is 13.6. The lowest BCUT2D eigenvalue weighted by atomic mass is 10.2. The van der Waals surface area contributed by atoms with E-state index in [0.717, 1.165) is 17.0 Å². The molecule has 25 heavy (non-hydrogen) atoms. The zero-order valence-corrected chi connectivity index (χ0v) is 14.4. The molecule has 2 aromatic rings. The summed E-state index contributed by atoms with van der Waals surface area (Å²) in [6.45, 7) is 0.355. The molecule has 0 aliphatic carbocycles. The van der Waals surface area contributed by atoms with Crippen LogP contribution >= 0.6 is 11.3 Å². The van der Waals surface area contributed by atoms with Gasteiger partial charge in [-0.1, -0.05) is 12.1 Å². The maximum absolute atomic E-state index is 11.9. The number of ether oxygens (including phenoxy) is 1. The summed E-state index contributed by atoms with van der Waals surface area (Å²) in [7, 11) is 0. The van der Waals surface area contributed by atoms with Crippen molar-refractivity contribution in [3.05, 3.63) is 46.7 Å². The molecule has 2 amide bonds. The first-order valence-electron chi connectivity index (χ1n) is 8.00. The quantitative estimate of drug-likeness (QED) is 0.806. The first-order chi connectivity index (χ1) is 12.1. The Morgan fingerprint density at radius 2 is 2.12 bits per heavy atom. The second-order valence-electron chi connectivity index (χ2n) is 5.66. The van der Waals surface area contributed by atoms with Crippen LogP contribution in [0.3, 0.4) is 0 Å². The lowest BCUT2D eigenvalue weighted by Gasteiger charge is -2.16. The van der Waals surface area contributed by atoms with Gasteiger partial charge in [-0.05, 0) is 36.1 Å². The maximum Gasteiger partial charge on any atom is 0.311 e. The number of benzene rings is 1. The summed E-state index contributed by atoms with van der Waals surface area (Å²) in [6, 6.07) is 10.8. The van der Waals surface area contributed by atoms with E-state index in [1.165, 1.54) is 11.3 Å². The van der Waals surface area contributed by atoms with Crippen molar-refractivity contribution < 1.29 is 19.1 Å². The molecule has 0 spiro atoms. The molecule has 130 valence electrons. The van der Waals surface area contributed by atoms with E-state index in [0.29, 0.717) is 18.7 Å². The standard InChI is InChI=1S/C18H18N2O4S/c21-16(12-24-18(23)11-15-6-3-9-25-15)19-13-4-1-5-14(10-13)20-8-2-7-17(20)22/h1,3-6,9-10H,2,7-8,11-12H2,(H,19,21). The number of rotatable bonds is 6. The van der Waals surface area contributed by atoms with Crippen LogP contribution in [0.1, 0.15) is 17.7 Å². The predicted molar refractivity (Wildman–Crippen MR) is 95.6 cm³/mol. The average Bonchev–Trinajstić information content (AvgIpc) is 3.25. The Bertz CT molecular complexity index is 773. The molecule has 0 atom stereocenters. The molecule has 1 aliphatic rings. The third kappa shape index (κ3) is 4.67. The third-order valence-electron chi connectivity index (χ3n) is 3.78. The normalized spacial score (nSPS) is 13.8. The molecular formula is C18H18N2O4S. The van der Waals surface area contributed by atoms with Crippen LogP contribution in [0.2, 0.25) is 0 Å². The van der Waals surface area contributed by atoms with E-state index in [9.17, 15) is 14.4 Å². The number of hydrogen-bond acceptors (Lipinski definition) is 5. The van der Waals surface area contributed by atoms with Gasteiger partial charge in [0.05, 0.1) is 6.42 Å². The van der Waals surface area contributed by atoms with Crippen molar-refractivity contribution in [3.63, 3.8) is 0 Å². The molecule has 0 radical (unpaired) electrons. The Kier molecular flexibility index (Phi) is 5.45. The Morgan fingerprint density at radius 3 is 2.84 bits per heavy atom. The summed E-state index contributed by atoms with van der Waals surface area (Å²) in [5.41, 5.74) is 1.33. The lowest BCUT2D eigenvalue weighted by Crippen LogP contribution is -2.24. The van der Waals surface area contributed by atoms with Crippen molar-refractivity contribution in [2.24, 2.45) is 0 Å². The highest BCUT2D eigenvalue weighted by Gasteiger charge is 2.21. The van der Waals surface area contributed by atoms with Crippen LogP contribution in [0.25, 0.3) is 0 Å². The number of carbonyl (C=O) groups is 3. The van der Waals surface area contributed by atoms with Crippen LogP contribution < -0.4 is 10.2 Å². The topological polar surface area (TPSA) is 75.7 Å². The van der Waals surface area contributed by atoms with E-state index < -0.39 is 11.9 Å². The average molecular weight is 358 g/mol. The van der Waals surface area contributed by atoms with Crippen LogP contribution in [0, 0.1) is 0 Å². The second kappa shape index (κ2) is 7.94. The number of nitrogens with one attached hydrogen (secondary N) is 1. The van der Waals surface area contributed by atoms with Gasteiger partial charge >= 0.3 is 5.97 Å². The molecule has 7 heteroatoms. The van der Waals surface area contributed by atoms with E-state index in [-0.39, 0.29) is 18.9 Å². The Morgan fingerprint density at radius 1 is 1.24 bits per heavy atom. The minimum atomic E-state index is -0.436. The monoisotopic (exact) mass is 358 g/mol. The summed E-state index contributed by atoms with van der Waals surface area (Å²) < 4.78 is 4.99. The van der Waals surface area contributed by atoms with Crippen molar-refractivity contribution >= 4 is 40.5 Å². The van der Waals surface area contributed by atoms with E-state index in [1.807, 2.05) is 23.6 Å².